The maximum atomic E-state index is 5.59. The summed E-state index contributed by atoms with van der Waals surface area (Å²) in [6.07, 6.45) is 0. The zero-order chi connectivity index (χ0) is 13.1. The van der Waals surface area contributed by atoms with Crippen molar-refractivity contribution in [1.29, 1.82) is 0 Å². The molecule has 0 spiro atoms. The van der Waals surface area contributed by atoms with Crippen LogP contribution in [0.4, 0.5) is 11.4 Å². The average molecular weight is 433 g/mol. The Bertz CT molecular complexity index is 601. The van der Waals surface area contributed by atoms with Crippen LogP contribution in [0.1, 0.15) is 5.56 Å². The van der Waals surface area contributed by atoms with Crippen LogP contribution in [0.5, 0.6) is 0 Å². The van der Waals surface area contributed by atoms with Crippen LogP contribution < -0.4 is 11.1 Å². The van der Waals surface area contributed by atoms with Crippen LogP contribution in [0.15, 0.2) is 46.9 Å². The van der Waals surface area contributed by atoms with E-state index in [-0.39, 0.29) is 0 Å². The van der Waals surface area contributed by atoms with E-state index in [0.717, 1.165) is 21.4 Å². The second kappa shape index (κ2) is 5.99. The third kappa shape index (κ3) is 3.43. The molecule has 3 N–H and O–H groups in total. The van der Waals surface area contributed by atoms with Gasteiger partial charge >= 0.3 is 0 Å². The van der Waals surface area contributed by atoms with Crippen molar-refractivity contribution in [2.24, 2.45) is 5.73 Å². The number of benzene rings is 2. The Morgan fingerprint density at radius 2 is 2.00 bits per heavy atom. The zero-order valence-electron chi connectivity index (χ0n) is 9.28. The minimum absolute atomic E-state index is 0.400. The highest BCUT2D eigenvalue weighted by Gasteiger charge is 2.04. The van der Waals surface area contributed by atoms with Crippen molar-refractivity contribution >= 4 is 67.1 Å². The van der Waals surface area contributed by atoms with Gasteiger partial charge in [0, 0.05) is 19.3 Å². The van der Waals surface area contributed by atoms with E-state index in [1.54, 1.807) is 0 Å². The lowest BCUT2D eigenvalue weighted by molar-refractivity contribution is 1.50. The van der Waals surface area contributed by atoms with Gasteiger partial charge in [0.15, 0.2) is 0 Å². The van der Waals surface area contributed by atoms with Crippen molar-refractivity contribution in [3.8, 4) is 0 Å². The van der Waals surface area contributed by atoms with E-state index in [2.05, 4.69) is 56.0 Å². The van der Waals surface area contributed by atoms with Gasteiger partial charge in [-0.25, -0.2) is 0 Å². The van der Waals surface area contributed by atoms with Gasteiger partial charge in [0.2, 0.25) is 0 Å². The van der Waals surface area contributed by atoms with E-state index >= 15 is 0 Å². The molecule has 0 radical (unpaired) electrons. The van der Waals surface area contributed by atoms with E-state index in [1.807, 2.05) is 30.3 Å². The third-order valence-electron chi connectivity index (χ3n) is 2.36. The number of nitrogens with one attached hydrogen (secondary N) is 1. The summed E-state index contributed by atoms with van der Waals surface area (Å²) < 4.78 is 2.13. The van der Waals surface area contributed by atoms with Gasteiger partial charge in [0.1, 0.15) is 4.99 Å². The smallest absolute Gasteiger partial charge is 0.104 e. The monoisotopic (exact) mass is 432 g/mol. The molecule has 0 fully saturated rings. The predicted octanol–water partition coefficient (Wildman–Crippen LogP) is 4.43. The number of rotatable bonds is 3. The summed E-state index contributed by atoms with van der Waals surface area (Å²) in [7, 11) is 0. The molecule has 0 aliphatic heterocycles. The number of halogens is 2. The number of thiocarbonyl (C=S) groups is 1. The number of hydrogen-bond acceptors (Lipinski definition) is 2. The average Bonchev–Trinajstić information content (AvgIpc) is 2.31. The molecule has 0 aromatic heterocycles. The van der Waals surface area contributed by atoms with Crippen LogP contribution in [0.25, 0.3) is 0 Å². The van der Waals surface area contributed by atoms with Crippen LogP contribution in [-0.2, 0) is 0 Å². The Labute approximate surface area is 133 Å². The van der Waals surface area contributed by atoms with Gasteiger partial charge in [-0.15, -0.1) is 0 Å². The first kappa shape index (κ1) is 13.8. The molecule has 0 heterocycles. The Kier molecular flexibility index (Phi) is 4.58. The molecular formula is C13H10BrIN2S. The Morgan fingerprint density at radius 3 is 2.61 bits per heavy atom. The first-order valence-corrected chi connectivity index (χ1v) is 7.46. The van der Waals surface area contributed by atoms with Crippen molar-refractivity contribution < 1.29 is 0 Å². The number of anilines is 2. The van der Waals surface area contributed by atoms with E-state index in [4.69, 9.17) is 18.0 Å². The lowest BCUT2D eigenvalue weighted by atomic mass is 10.2. The van der Waals surface area contributed by atoms with Gasteiger partial charge in [-0.2, -0.15) is 0 Å². The molecule has 2 aromatic rings. The highest BCUT2D eigenvalue weighted by molar-refractivity contribution is 14.1. The number of hydrogen-bond donors (Lipinski definition) is 2. The molecule has 2 aromatic carbocycles. The second-order valence-corrected chi connectivity index (χ2v) is 6.23. The summed E-state index contributed by atoms with van der Waals surface area (Å²) in [6.45, 7) is 0. The fourth-order valence-corrected chi connectivity index (χ4v) is 2.64. The fourth-order valence-electron chi connectivity index (χ4n) is 1.49. The van der Waals surface area contributed by atoms with Crippen molar-refractivity contribution in [3.63, 3.8) is 0 Å². The highest BCUT2D eigenvalue weighted by atomic mass is 127. The van der Waals surface area contributed by atoms with Crippen LogP contribution in [0, 0.1) is 3.57 Å². The van der Waals surface area contributed by atoms with Crippen molar-refractivity contribution in [3.05, 3.63) is 56.1 Å². The maximum Gasteiger partial charge on any atom is 0.104 e. The summed E-state index contributed by atoms with van der Waals surface area (Å²) in [5.74, 6) is 0. The lowest BCUT2D eigenvalue weighted by Crippen LogP contribution is -2.09. The SMILES string of the molecule is NC(=S)c1ccc(Nc2cccc(I)c2)c(Br)c1. The first-order valence-electron chi connectivity index (χ1n) is 5.18. The molecule has 92 valence electrons. The normalized spacial score (nSPS) is 10.1. The molecule has 0 saturated heterocycles. The van der Waals surface area contributed by atoms with Crippen LogP contribution in [0.2, 0.25) is 0 Å². The Balaban J connectivity index is 2.27. The van der Waals surface area contributed by atoms with Crippen molar-refractivity contribution in [2.75, 3.05) is 5.32 Å². The molecule has 5 heteroatoms. The van der Waals surface area contributed by atoms with Crippen LogP contribution in [0.3, 0.4) is 0 Å². The quantitative estimate of drug-likeness (QED) is 0.556. The van der Waals surface area contributed by atoms with Crippen molar-refractivity contribution in [2.45, 2.75) is 0 Å². The molecule has 0 bridgehead atoms. The van der Waals surface area contributed by atoms with Gasteiger partial charge in [0.25, 0.3) is 0 Å². The summed E-state index contributed by atoms with van der Waals surface area (Å²) in [5, 5.41) is 3.34. The molecule has 0 unspecified atom stereocenters. The van der Waals surface area contributed by atoms with Crippen LogP contribution in [-0.4, -0.2) is 4.99 Å². The van der Waals surface area contributed by atoms with Gasteiger partial charge < -0.3 is 11.1 Å². The molecule has 2 rings (SSSR count). The summed E-state index contributed by atoms with van der Waals surface area (Å²) in [6, 6.07) is 13.9. The minimum Gasteiger partial charge on any atom is -0.389 e. The summed E-state index contributed by atoms with van der Waals surface area (Å²) in [4.78, 5) is 0.400. The molecule has 0 aliphatic rings. The van der Waals surface area contributed by atoms with Crippen LogP contribution >= 0.6 is 50.7 Å². The summed E-state index contributed by atoms with van der Waals surface area (Å²) in [5.41, 5.74) is 8.48. The Hall–Kier alpha value is -0.660. The molecule has 0 atom stereocenters. The van der Waals surface area contributed by atoms with E-state index in [1.165, 1.54) is 3.57 Å². The second-order valence-electron chi connectivity index (χ2n) is 3.69. The third-order valence-corrected chi connectivity index (χ3v) is 3.92. The molecule has 18 heavy (non-hydrogen) atoms. The van der Waals surface area contributed by atoms with E-state index in [9.17, 15) is 0 Å². The topological polar surface area (TPSA) is 38.0 Å². The molecule has 0 amide bonds. The maximum absolute atomic E-state index is 5.59. The predicted molar refractivity (Wildman–Crippen MR) is 92.5 cm³/mol. The largest absolute Gasteiger partial charge is 0.389 e. The molecular weight excluding hydrogens is 423 g/mol. The molecule has 2 nitrogen and oxygen atoms in total. The molecule has 0 aliphatic carbocycles. The zero-order valence-corrected chi connectivity index (χ0v) is 13.8. The highest BCUT2D eigenvalue weighted by Crippen LogP contribution is 2.27. The van der Waals surface area contributed by atoms with E-state index < -0.39 is 0 Å². The lowest BCUT2D eigenvalue weighted by Gasteiger charge is -2.10. The van der Waals surface area contributed by atoms with Gasteiger partial charge in [-0.1, -0.05) is 18.3 Å². The van der Waals surface area contributed by atoms with Gasteiger partial charge in [0.05, 0.1) is 5.69 Å². The van der Waals surface area contributed by atoms with Gasteiger partial charge in [-0.05, 0) is 74.9 Å². The standard InChI is InChI=1S/C13H10BrIN2S/c14-11-6-8(13(16)18)4-5-12(11)17-10-3-1-2-9(15)7-10/h1-7,17H,(H2,16,18). The van der Waals surface area contributed by atoms with Gasteiger partial charge in [-0.3, -0.25) is 0 Å². The molecule has 0 saturated carbocycles. The van der Waals surface area contributed by atoms with E-state index in [0.29, 0.717) is 4.99 Å². The minimum atomic E-state index is 0.400. The number of nitrogens with two attached hydrogens (primary N) is 1. The summed E-state index contributed by atoms with van der Waals surface area (Å²) >= 11 is 10.7. The first-order chi connectivity index (χ1) is 8.56. The Morgan fingerprint density at radius 1 is 1.22 bits per heavy atom. The van der Waals surface area contributed by atoms with Crippen molar-refractivity contribution in [1.82, 2.24) is 0 Å². The fraction of sp³-hybridized carbons (Fsp3) is 0.